The van der Waals surface area contributed by atoms with Crippen molar-refractivity contribution in [1.82, 2.24) is 0 Å². The Kier molecular flexibility index (Phi) is 2.47. The molecule has 2 nitrogen and oxygen atoms in total. The molecule has 0 amide bonds. The van der Waals surface area contributed by atoms with E-state index in [1.165, 1.54) is 0 Å². The third-order valence-corrected chi connectivity index (χ3v) is 1.47. The van der Waals surface area contributed by atoms with Crippen molar-refractivity contribution < 1.29 is 9.53 Å². The summed E-state index contributed by atoms with van der Waals surface area (Å²) in [6, 6.07) is 7.27. The van der Waals surface area contributed by atoms with E-state index in [9.17, 15) is 0 Å². The number of benzene rings is 1. The monoisotopic (exact) mass is 151 g/mol. The normalized spacial score (nSPS) is 9.40. The summed E-state index contributed by atoms with van der Waals surface area (Å²) in [4.78, 5) is 0. The van der Waals surface area contributed by atoms with Gasteiger partial charge in [0.15, 0.2) is 0 Å². The lowest BCUT2D eigenvalue weighted by Crippen LogP contribution is -1.91. The topological polar surface area (TPSA) is 29.5 Å². The predicted octanol–water partition coefficient (Wildman–Crippen LogP) is 0.641. The van der Waals surface area contributed by atoms with Gasteiger partial charge in [0.25, 0.3) is 0 Å². The third-order valence-electron chi connectivity index (χ3n) is 1.25. The maximum atomic E-state index is 8.75. The molecule has 0 atom stereocenters. The van der Waals surface area contributed by atoms with Crippen LogP contribution in [0.4, 0.5) is 0 Å². The van der Waals surface area contributed by atoms with Gasteiger partial charge in [-0.3, -0.25) is 0 Å². The van der Waals surface area contributed by atoms with Gasteiger partial charge in [-0.15, -0.1) is 0 Å². The molecule has 0 saturated heterocycles. The van der Waals surface area contributed by atoms with Crippen LogP contribution in [0, 0.1) is 0 Å². The summed E-state index contributed by atoms with van der Waals surface area (Å²) < 4.78 is 4.78. The largest absolute Gasteiger partial charge is 0.540 e. The van der Waals surface area contributed by atoms with E-state index in [1.807, 2.05) is 12.1 Å². The highest BCUT2D eigenvalue weighted by molar-refractivity contribution is 6.00. The molecule has 0 fully saturated rings. The van der Waals surface area contributed by atoms with Crippen LogP contribution in [0.2, 0.25) is 0 Å². The van der Waals surface area contributed by atoms with Crippen LogP contribution in [0.25, 0.3) is 0 Å². The second kappa shape index (κ2) is 3.39. The average molecular weight is 151 g/mol. The number of para-hydroxylation sites is 1. The van der Waals surface area contributed by atoms with Gasteiger partial charge >= 0.3 is 10.5 Å². The predicted molar refractivity (Wildman–Crippen MR) is 38.7 cm³/mol. The Balaban J connectivity index is 2.96. The van der Waals surface area contributed by atoms with Gasteiger partial charge in [-0.05, 0) is 6.07 Å². The molecular formula is C7H7O2Si. The van der Waals surface area contributed by atoms with E-state index < -0.39 is 0 Å². The van der Waals surface area contributed by atoms with Gasteiger partial charge in [0.2, 0.25) is 0 Å². The van der Waals surface area contributed by atoms with E-state index in [0.717, 1.165) is 5.56 Å². The third kappa shape index (κ3) is 1.37. The number of aliphatic hydroxyl groups excluding tert-OH is 1. The summed E-state index contributed by atoms with van der Waals surface area (Å²) >= 11 is 0. The van der Waals surface area contributed by atoms with Crippen molar-refractivity contribution in [1.29, 1.82) is 0 Å². The summed E-state index contributed by atoms with van der Waals surface area (Å²) in [6.07, 6.45) is 0. The minimum absolute atomic E-state index is 0.000648. The zero-order valence-electron chi connectivity index (χ0n) is 5.37. The lowest BCUT2D eigenvalue weighted by molar-refractivity contribution is 0.278. The van der Waals surface area contributed by atoms with Gasteiger partial charge in [0.1, 0.15) is 5.75 Å². The van der Waals surface area contributed by atoms with Gasteiger partial charge in [-0.2, -0.15) is 0 Å². The highest BCUT2D eigenvalue weighted by atomic mass is 28.2. The van der Waals surface area contributed by atoms with E-state index in [1.54, 1.807) is 12.1 Å². The molecule has 0 saturated carbocycles. The van der Waals surface area contributed by atoms with E-state index in [4.69, 9.17) is 9.53 Å². The van der Waals surface area contributed by atoms with E-state index in [2.05, 4.69) is 10.5 Å². The Hall–Kier alpha value is -0.803. The molecule has 1 N–H and O–H groups in total. The number of rotatable bonds is 2. The molecule has 0 heterocycles. The van der Waals surface area contributed by atoms with Crippen LogP contribution in [0.5, 0.6) is 5.75 Å². The van der Waals surface area contributed by atoms with E-state index >= 15 is 0 Å². The Bertz CT molecular complexity index is 190. The quantitative estimate of drug-likeness (QED) is 0.629. The molecule has 0 aliphatic heterocycles. The fourth-order valence-corrected chi connectivity index (χ4v) is 0.933. The van der Waals surface area contributed by atoms with Crippen molar-refractivity contribution in [3.8, 4) is 5.75 Å². The van der Waals surface area contributed by atoms with Crippen molar-refractivity contribution in [3.05, 3.63) is 29.8 Å². The summed E-state index contributed by atoms with van der Waals surface area (Å²) in [5.41, 5.74) is 0.775. The molecule has 0 unspecified atom stereocenters. The molecule has 10 heavy (non-hydrogen) atoms. The lowest BCUT2D eigenvalue weighted by Gasteiger charge is -2.03. The SMILES string of the molecule is OCc1ccccc1O[Si]. The first-order valence-corrected chi connectivity index (χ1v) is 3.31. The van der Waals surface area contributed by atoms with Crippen molar-refractivity contribution in [2.75, 3.05) is 0 Å². The van der Waals surface area contributed by atoms with Crippen LogP contribution in [-0.4, -0.2) is 15.6 Å². The minimum Gasteiger partial charge on any atom is -0.540 e. The summed E-state index contributed by atoms with van der Waals surface area (Å²) in [7, 11) is 2.88. The second-order valence-corrected chi connectivity index (χ2v) is 2.07. The second-order valence-electron chi connectivity index (χ2n) is 1.87. The highest BCUT2D eigenvalue weighted by Crippen LogP contribution is 2.15. The molecule has 0 aliphatic carbocycles. The maximum absolute atomic E-state index is 8.75. The first-order valence-electron chi connectivity index (χ1n) is 2.91. The Morgan fingerprint density at radius 1 is 1.40 bits per heavy atom. The zero-order chi connectivity index (χ0) is 7.40. The zero-order valence-corrected chi connectivity index (χ0v) is 6.37. The van der Waals surface area contributed by atoms with Crippen LogP contribution in [0.1, 0.15) is 5.56 Å². The summed E-state index contributed by atoms with van der Waals surface area (Å²) in [6.45, 7) is 0.000648. The Morgan fingerprint density at radius 3 is 2.60 bits per heavy atom. The summed E-state index contributed by atoms with van der Waals surface area (Å²) in [5, 5.41) is 8.75. The molecule has 3 heteroatoms. The van der Waals surface area contributed by atoms with Gasteiger partial charge in [0.05, 0.1) is 6.61 Å². The lowest BCUT2D eigenvalue weighted by atomic mass is 10.2. The maximum Gasteiger partial charge on any atom is 0.341 e. The Labute approximate surface area is 63.0 Å². The molecule has 0 bridgehead atoms. The van der Waals surface area contributed by atoms with Gasteiger partial charge in [-0.25, -0.2) is 0 Å². The van der Waals surface area contributed by atoms with Crippen LogP contribution in [0.15, 0.2) is 24.3 Å². The molecule has 51 valence electrons. The van der Waals surface area contributed by atoms with Crippen molar-refractivity contribution in [2.24, 2.45) is 0 Å². The van der Waals surface area contributed by atoms with Gasteiger partial charge in [0, 0.05) is 5.56 Å². The van der Waals surface area contributed by atoms with E-state index in [0.29, 0.717) is 5.75 Å². The molecule has 1 aromatic carbocycles. The average Bonchev–Trinajstić information content (AvgIpc) is 2.04. The van der Waals surface area contributed by atoms with Crippen molar-refractivity contribution in [2.45, 2.75) is 6.61 Å². The fraction of sp³-hybridized carbons (Fsp3) is 0.143. The van der Waals surface area contributed by atoms with Crippen molar-refractivity contribution in [3.63, 3.8) is 0 Å². The highest BCUT2D eigenvalue weighted by Gasteiger charge is 1.96. The molecule has 0 aliphatic rings. The molecule has 0 spiro atoms. The number of hydrogen-bond donors (Lipinski definition) is 1. The standard InChI is InChI=1S/C7H7O2Si/c8-5-6-3-1-2-4-7(6)9-10/h1-4,8H,5H2. The molecule has 3 radical (unpaired) electrons. The Morgan fingerprint density at radius 2 is 2.10 bits per heavy atom. The van der Waals surface area contributed by atoms with Crippen LogP contribution >= 0.6 is 0 Å². The number of hydrogen-bond acceptors (Lipinski definition) is 2. The fourth-order valence-electron chi connectivity index (χ4n) is 0.734. The van der Waals surface area contributed by atoms with Crippen molar-refractivity contribution >= 4 is 10.5 Å². The molecule has 1 aromatic rings. The van der Waals surface area contributed by atoms with Crippen LogP contribution in [-0.2, 0) is 6.61 Å². The molecule has 0 aromatic heterocycles. The van der Waals surface area contributed by atoms with Gasteiger partial charge < -0.3 is 9.53 Å². The summed E-state index contributed by atoms with van der Waals surface area (Å²) in [5.74, 6) is 0.654. The minimum atomic E-state index is 0.000648. The number of aliphatic hydroxyl groups is 1. The van der Waals surface area contributed by atoms with Crippen LogP contribution < -0.4 is 4.43 Å². The molecule has 1 rings (SSSR count). The van der Waals surface area contributed by atoms with Gasteiger partial charge in [-0.1, -0.05) is 18.2 Å². The smallest absolute Gasteiger partial charge is 0.341 e. The van der Waals surface area contributed by atoms with Crippen LogP contribution in [0.3, 0.4) is 0 Å². The molecular weight excluding hydrogens is 144 g/mol. The first-order chi connectivity index (χ1) is 4.88. The van der Waals surface area contributed by atoms with E-state index in [-0.39, 0.29) is 6.61 Å². The first kappa shape index (κ1) is 7.31.